The number of Topliss-reactive ketones (excluding diaryl/α,β-unsaturated/α-hetero) is 1. The standard InChI is InChI=1S/C22H21BrN4O2S/c1-4-13-27-20(17-5-9-18(23)10-6-17)25-26-22(27)30-15(3)21(29)24-19-11-7-16(8-12-19)14(2)28/h4-12,15H,1,13H2,2-3H3,(H,24,29). The summed E-state index contributed by atoms with van der Waals surface area (Å²) in [6.45, 7) is 7.67. The van der Waals surface area contributed by atoms with E-state index in [2.05, 4.69) is 38.0 Å². The summed E-state index contributed by atoms with van der Waals surface area (Å²) in [5.74, 6) is 0.547. The molecule has 0 saturated heterocycles. The maximum absolute atomic E-state index is 12.6. The normalized spacial score (nSPS) is 11.7. The van der Waals surface area contributed by atoms with Crippen LogP contribution in [0, 0.1) is 0 Å². The number of nitrogens with zero attached hydrogens (tertiary/aromatic N) is 3. The molecule has 154 valence electrons. The van der Waals surface area contributed by atoms with E-state index in [9.17, 15) is 9.59 Å². The summed E-state index contributed by atoms with van der Waals surface area (Å²) in [5, 5.41) is 11.7. The minimum absolute atomic E-state index is 0.0140. The van der Waals surface area contributed by atoms with Crippen LogP contribution in [0.1, 0.15) is 24.2 Å². The number of ketones is 1. The van der Waals surface area contributed by atoms with E-state index in [1.54, 1.807) is 30.3 Å². The molecule has 0 aliphatic rings. The molecule has 30 heavy (non-hydrogen) atoms. The average Bonchev–Trinajstić information content (AvgIpc) is 3.11. The number of carbonyl (C=O) groups is 2. The van der Waals surface area contributed by atoms with Crippen molar-refractivity contribution in [3.8, 4) is 11.4 Å². The molecule has 1 aromatic heterocycles. The van der Waals surface area contributed by atoms with Crippen LogP contribution >= 0.6 is 27.7 Å². The molecule has 1 amide bonds. The van der Waals surface area contributed by atoms with Gasteiger partial charge >= 0.3 is 0 Å². The summed E-state index contributed by atoms with van der Waals surface area (Å²) < 4.78 is 2.92. The largest absolute Gasteiger partial charge is 0.325 e. The highest BCUT2D eigenvalue weighted by Gasteiger charge is 2.20. The summed E-state index contributed by atoms with van der Waals surface area (Å²) in [6, 6.07) is 14.6. The highest BCUT2D eigenvalue weighted by Crippen LogP contribution is 2.28. The van der Waals surface area contributed by atoms with Crippen molar-refractivity contribution in [2.24, 2.45) is 0 Å². The van der Waals surface area contributed by atoms with E-state index in [1.165, 1.54) is 18.7 Å². The van der Waals surface area contributed by atoms with Crippen LogP contribution in [0.25, 0.3) is 11.4 Å². The molecule has 0 aliphatic carbocycles. The lowest BCUT2D eigenvalue weighted by molar-refractivity contribution is -0.115. The molecule has 3 rings (SSSR count). The molecule has 1 heterocycles. The van der Waals surface area contributed by atoms with Crippen LogP contribution in [-0.4, -0.2) is 31.7 Å². The topological polar surface area (TPSA) is 76.9 Å². The molecule has 0 radical (unpaired) electrons. The molecule has 0 spiro atoms. The van der Waals surface area contributed by atoms with Gasteiger partial charge < -0.3 is 5.32 Å². The Morgan fingerprint density at radius 1 is 1.17 bits per heavy atom. The van der Waals surface area contributed by atoms with Crippen molar-refractivity contribution in [2.45, 2.75) is 30.8 Å². The maximum Gasteiger partial charge on any atom is 0.237 e. The van der Waals surface area contributed by atoms with Gasteiger partial charge in [0.1, 0.15) is 0 Å². The first-order chi connectivity index (χ1) is 14.4. The first kappa shape index (κ1) is 22.0. The van der Waals surface area contributed by atoms with Gasteiger partial charge in [0.2, 0.25) is 5.91 Å². The third-order valence-electron chi connectivity index (χ3n) is 4.34. The second-order valence-corrected chi connectivity index (χ2v) is 8.82. The first-order valence-corrected chi connectivity index (χ1v) is 10.9. The number of allylic oxidation sites excluding steroid dienone is 1. The van der Waals surface area contributed by atoms with Gasteiger partial charge in [0.15, 0.2) is 16.8 Å². The Labute approximate surface area is 187 Å². The number of nitrogens with one attached hydrogen (secondary N) is 1. The summed E-state index contributed by atoms with van der Waals surface area (Å²) in [5.41, 5.74) is 2.18. The van der Waals surface area contributed by atoms with Crippen molar-refractivity contribution in [2.75, 3.05) is 5.32 Å². The number of hydrogen-bond donors (Lipinski definition) is 1. The van der Waals surface area contributed by atoms with Crippen LogP contribution < -0.4 is 5.32 Å². The van der Waals surface area contributed by atoms with Crippen LogP contribution in [0.3, 0.4) is 0 Å². The Hall–Kier alpha value is -2.71. The van der Waals surface area contributed by atoms with Crippen molar-refractivity contribution < 1.29 is 9.59 Å². The van der Waals surface area contributed by atoms with E-state index in [1.807, 2.05) is 35.8 Å². The zero-order valence-corrected chi connectivity index (χ0v) is 19.0. The van der Waals surface area contributed by atoms with Gasteiger partial charge in [-0.15, -0.1) is 16.8 Å². The molecule has 0 fully saturated rings. The summed E-state index contributed by atoms with van der Waals surface area (Å²) >= 11 is 4.77. The first-order valence-electron chi connectivity index (χ1n) is 9.27. The fourth-order valence-electron chi connectivity index (χ4n) is 2.73. The van der Waals surface area contributed by atoms with E-state index in [4.69, 9.17) is 0 Å². The highest BCUT2D eigenvalue weighted by molar-refractivity contribution is 9.10. The predicted octanol–water partition coefficient (Wildman–Crippen LogP) is 5.22. The molecule has 8 heteroatoms. The Bertz CT molecular complexity index is 1060. The molecule has 1 unspecified atom stereocenters. The third-order valence-corrected chi connectivity index (χ3v) is 5.95. The van der Waals surface area contributed by atoms with Gasteiger partial charge in [0, 0.05) is 27.8 Å². The van der Waals surface area contributed by atoms with Gasteiger partial charge in [-0.25, -0.2) is 0 Å². The van der Waals surface area contributed by atoms with E-state index in [0.717, 1.165) is 15.9 Å². The van der Waals surface area contributed by atoms with Crippen molar-refractivity contribution in [1.82, 2.24) is 14.8 Å². The van der Waals surface area contributed by atoms with Gasteiger partial charge in [-0.05, 0) is 50.2 Å². The van der Waals surface area contributed by atoms with Crippen molar-refractivity contribution in [3.05, 3.63) is 71.2 Å². The molecule has 3 aromatic rings. The van der Waals surface area contributed by atoms with Crippen LogP contribution in [0.2, 0.25) is 0 Å². The van der Waals surface area contributed by atoms with Gasteiger partial charge in [0.05, 0.1) is 5.25 Å². The van der Waals surface area contributed by atoms with E-state index < -0.39 is 5.25 Å². The number of thioether (sulfide) groups is 1. The zero-order valence-electron chi connectivity index (χ0n) is 16.6. The lowest BCUT2D eigenvalue weighted by atomic mass is 10.1. The summed E-state index contributed by atoms with van der Waals surface area (Å²) in [7, 11) is 0. The van der Waals surface area contributed by atoms with Gasteiger partial charge in [0.25, 0.3) is 0 Å². The second-order valence-electron chi connectivity index (χ2n) is 6.60. The Morgan fingerprint density at radius 2 is 1.83 bits per heavy atom. The summed E-state index contributed by atoms with van der Waals surface area (Å²) in [4.78, 5) is 24.0. The molecule has 1 N–H and O–H groups in total. The van der Waals surface area contributed by atoms with Crippen LogP contribution in [0.4, 0.5) is 5.69 Å². The lowest BCUT2D eigenvalue weighted by Crippen LogP contribution is -2.23. The number of benzene rings is 2. The third kappa shape index (κ3) is 5.25. The Balaban J connectivity index is 1.74. The van der Waals surface area contributed by atoms with Crippen molar-refractivity contribution >= 4 is 45.1 Å². The predicted molar refractivity (Wildman–Crippen MR) is 124 cm³/mol. The molecule has 2 aromatic carbocycles. The molecule has 0 saturated carbocycles. The smallest absolute Gasteiger partial charge is 0.237 e. The minimum Gasteiger partial charge on any atom is -0.325 e. The highest BCUT2D eigenvalue weighted by atomic mass is 79.9. The molecule has 6 nitrogen and oxygen atoms in total. The Morgan fingerprint density at radius 3 is 2.43 bits per heavy atom. The second kappa shape index (κ2) is 9.86. The minimum atomic E-state index is -0.400. The molecular formula is C22H21BrN4O2S. The van der Waals surface area contributed by atoms with Crippen LogP contribution in [0.15, 0.2) is 70.8 Å². The summed E-state index contributed by atoms with van der Waals surface area (Å²) in [6.07, 6.45) is 1.77. The van der Waals surface area contributed by atoms with Crippen LogP contribution in [0.5, 0.6) is 0 Å². The van der Waals surface area contributed by atoms with E-state index >= 15 is 0 Å². The number of anilines is 1. The van der Waals surface area contributed by atoms with Gasteiger partial charge in [-0.1, -0.05) is 45.9 Å². The van der Waals surface area contributed by atoms with Crippen molar-refractivity contribution in [3.63, 3.8) is 0 Å². The lowest BCUT2D eigenvalue weighted by Gasteiger charge is -2.13. The number of carbonyl (C=O) groups excluding carboxylic acids is 2. The van der Waals surface area contributed by atoms with E-state index in [0.29, 0.717) is 23.0 Å². The average molecular weight is 485 g/mol. The fraction of sp³-hybridized carbons (Fsp3) is 0.182. The number of halogens is 1. The monoisotopic (exact) mass is 484 g/mol. The Kier molecular flexibility index (Phi) is 7.23. The maximum atomic E-state index is 12.6. The van der Waals surface area contributed by atoms with Gasteiger partial charge in [-0.3, -0.25) is 14.2 Å². The fourth-order valence-corrected chi connectivity index (χ4v) is 3.85. The SMILES string of the molecule is C=CCn1c(SC(C)C(=O)Nc2ccc(C(C)=O)cc2)nnc1-c1ccc(Br)cc1. The molecule has 0 aliphatic heterocycles. The number of aromatic nitrogens is 3. The quantitative estimate of drug-likeness (QED) is 0.269. The zero-order chi connectivity index (χ0) is 21.7. The molecule has 1 atom stereocenters. The number of hydrogen-bond acceptors (Lipinski definition) is 5. The molecular weight excluding hydrogens is 464 g/mol. The van der Waals surface area contributed by atoms with Crippen LogP contribution in [-0.2, 0) is 11.3 Å². The number of amides is 1. The van der Waals surface area contributed by atoms with Gasteiger partial charge in [-0.2, -0.15) is 0 Å². The number of rotatable bonds is 8. The van der Waals surface area contributed by atoms with Crippen molar-refractivity contribution in [1.29, 1.82) is 0 Å². The van der Waals surface area contributed by atoms with E-state index in [-0.39, 0.29) is 11.7 Å². The molecule has 0 bridgehead atoms.